The molecule has 106 valence electrons. The average molecular weight is 285 g/mol. The van der Waals surface area contributed by atoms with Crippen LogP contribution in [0.2, 0.25) is 0 Å². The molecule has 0 spiro atoms. The average Bonchev–Trinajstić information content (AvgIpc) is 2.42. The van der Waals surface area contributed by atoms with Crippen LogP contribution in [-0.4, -0.2) is 30.4 Å². The van der Waals surface area contributed by atoms with Gasteiger partial charge in [0, 0.05) is 12.7 Å². The first-order valence-corrected chi connectivity index (χ1v) is 7.00. The van der Waals surface area contributed by atoms with E-state index in [-0.39, 0.29) is 18.4 Å². The fourth-order valence-electron chi connectivity index (χ4n) is 1.22. The Hall–Kier alpha value is -1.24. The van der Waals surface area contributed by atoms with Gasteiger partial charge in [0.05, 0.1) is 6.61 Å². The van der Waals surface area contributed by atoms with Gasteiger partial charge in [0.25, 0.3) is 5.91 Å². The molecule has 0 heterocycles. The van der Waals surface area contributed by atoms with E-state index in [0.717, 1.165) is 5.69 Å². The van der Waals surface area contributed by atoms with Crippen molar-refractivity contribution in [2.75, 3.05) is 25.2 Å². The van der Waals surface area contributed by atoms with Gasteiger partial charge in [-0.15, -0.1) is 0 Å². The summed E-state index contributed by atoms with van der Waals surface area (Å²) < 4.78 is 21.1. The molecule has 0 fully saturated rings. The number of carbonyl (C=O) groups excluding carboxylic acids is 1. The highest BCUT2D eigenvalue weighted by Gasteiger charge is 2.13. The molecule has 0 saturated carbocycles. The van der Waals surface area contributed by atoms with Gasteiger partial charge in [-0.2, -0.15) is 4.21 Å². The van der Waals surface area contributed by atoms with E-state index in [1.165, 1.54) is 4.90 Å². The fourth-order valence-corrected chi connectivity index (χ4v) is 1.86. The van der Waals surface area contributed by atoms with Crippen molar-refractivity contribution in [2.24, 2.45) is 5.92 Å². The number of amides is 1. The molecule has 0 N–H and O–H groups in total. The van der Waals surface area contributed by atoms with E-state index in [1.807, 2.05) is 44.2 Å². The quantitative estimate of drug-likeness (QED) is 0.768. The Morgan fingerprint density at radius 2 is 1.89 bits per heavy atom. The van der Waals surface area contributed by atoms with Gasteiger partial charge in [0.1, 0.15) is 6.61 Å². The van der Waals surface area contributed by atoms with Gasteiger partial charge in [-0.25, -0.2) is 0 Å². The molecule has 1 aromatic rings. The zero-order valence-corrected chi connectivity index (χ0v) is 12.2. The monoisotopic (exact) mass is 285 g/mol. The summed E-state index contributed by atoms with van der Waals surface area (Å²) in [5.41, 5.74) is 0.755. The first kappa shape index (κ1) is 15.8. The lowest BCUT2D eigenvalue weighted by Gasteiger charge is -2.16. The molecular formula is C13H19NO4S. The van der Waals surface area contributed by atoms with Gasteiger partial charge in [-0.1, -0.05) is 32.0 Å². The van der Waals surface area contributed by atoms with E-state index in [2.05, 4.69) is 0 Å². The second-order valence-corrected chi connectivity index (χ2v) is 5.31. The molecule has 6 heteroatoms. The molecule has 0 saturated heterocycles. The predicted molar refractivity (Wildman–Crippen MR) is 74.7 cm³/mol. The summed E-state index contributed by atoms with van der Waals surface area (Å²) in [6.45, 7) is 3.92. The van der Waals surface area contributed by atoms with Crippen LogP contribution in [-0.2, 0) is 24.5 Å². The number of anilines is 1. The van der Waals surface area contributed by atoms with Crippen LogP contribution in [0, 0.1) is 5.92 Å². The molecule has 5 nitrogen and oxygen atoms in total. The number of likely N-dealkylation sites (N-methyl/N-ethyl adjacent to an activating group) is 1. The molecule has 0 aliphatic carbocycles. The molecule has 0 aliphatic rings. The van der Waals surface area contributed by atoms with Crippen LogP contribution >= 0.6 is 0 Å². The Bertz CT molecular complexity index is 422. The van der Waals surface area contributed by atoms with Crippen LogP contribution < -0.4 is 4.90 Å². The Balaban J connectivity index is 2.37. The number of hydrogen-bond acceptors (Lipinski definition) is 4. The van der Waals surface area contributed by atoms with Crippen molar-refractivity contribution in [3.05, 3.63) is 30.3 Å². The van der Waals surface area contributed by atoms with Crippen molar-refractivity contribution in [3.63, 3.8) is 0 Å². The molecule has 19 heavy (non-hydrogen) atoms. The summed E-state index contributed by atoms with van der Waals surface area (Å²) >= 11 is -1.88. The third-order valence-corrected chi connectivity index (χ3v) is 2.93. The molecule has 1 unspecified atom stereocenters. The van der Waals surface area contributed by atoms with Crippen LogP contribution in [0.1, 0.15) is 13.8 Å². The molecular weight excluding hydrogens is 266 g/mol. The molecule has 1 rings (SSSR count). The van der Waals surface area contributed by atoms with Crippen molar-refractivity contribution in [1.82, 2.24) is 0 Å². The smallest absolute Gasteiger partial charge is 0.305 e. The topological polar surface area (TPSA) is 55.8 Å². The van der Waals surface area contributed by atoms with Gasteiger partial charge < -0.3 is 4.90 Å². The van der Waals surface area contributed by atoms with Gasteiger partial charge in [0.15, 0.2) is 0 Å². The fraction of sp³-hybridized carbons (Fsp3) is 0.462. The normalized spacial score (nSPS) is 12.4. The zero-order valence-electron chi connectivity index (χ0n) is 11.4. The number of rotatable bonds is 7. The third-order valence-electron chi connectivity index (χ3n) is 2.29. The summed E-state index contributed by atoms with van der Waals surface area (Å²) in [4.78, 5) is 13.2. The maximum absolute atomic E-state index is 11.8. The van der Waals surface area contributed by atoms with E-state index in [4.69, 9.17) is 8.37 Å². The van der Waals surface area contributed by atoms with Crippen LogP contribution in [0.4, 0.5) is 5.69 Å². The molecule has 0 aliphatic heterocycles. The summed E-state index contributed by atoms with van der Waals surface area (Å²) in [7, 11) is 1.64. The maximum Gasteiger partial charge on any atom is 0.305 e. The van der Waals surface area contributed by atoms with E-state index >= 15 is 0 Å². The zero-order chi connectivity index (χ0) is 14.3. The first-order chi connectivity index (χ1) is 9.00. The van der Waals surface area contributed by atoms with E-state index in [9.17, 15) is 9.00 Å². The van der Waals surface area contributed by atoms with E-state index in [1.54, 1.807) is 7.05 Å². The Morgan fingerprint density at radius 3 is 2.47 bits per heavy atom. The highest BCUT2D eigenvalue weighted by Crippen LogP contribution is 2.11. The summed E-state index contributed by atoms with van der Waals surface area (Å²) in [5.74, 6) is -0.0251. The molecule has 0 bridgehead atoms. The molecule has 1 aromatic carbocycles. The molecule has 1 atom stereocenters. The van der Waals surface area contributed by atoms with Crippen molar-refractivity contribution >= 4 is 23.0 Å². The predicted octanol–water partition coefficient (Wildman–Crippen LogP) is 1.92. The number of nitrogens with zero attached hydrogens (tertiary/aromatic N) is 1. The number of para-hydroxylation sites is 1. The standard InChI is InChI=1S/C13H19NO4S/c1-11(2)9-17-19(16)18-10-13(15)14(3)12-7-5-4-6-8-12/h4-8,11H,9-10H2,1-3H3. The maximum atomic E-state index is 11.8. The summed E-state index contributed by atoms with van der Waals surface area (Å²) in [6, 6.07) is 9.16. The lowest BCUT2D eigenvalue weighted by Crippen LogP contribution is -2.30. The second kappa shape index (κ2) is 8.04. The lowest BCUT2D eigenvalue weighted by molar-refractivity contribution is -0.120. The van der Waals surface area contributed by atoms with Gasteiger partial charge in [-0.05, 0) is 18.1 Å². The third kappa shape index (κ3) is 5.96. The highest BCUT2D eigenvalue weighted by molar-refractivity contribution is 7.75. The lowest BCUT2D eigenvalue weighted by atomic mass is 10.2. The van der Waals surface area contributed by atoms with E-state index in [0.29, 0.717) is 6.61 Å². The second-order valence-electron chi connectivity index (χ2n) is 4.43. The minimum absolute atomic E-state index is 0.259. The summed E-state index contributed by atoms with van der Waals surface area (Å²) in [5, 5.41) is 0. The van der Waals surface area contributed by atoms with Crippen LogP contribution in [0.5, 0.6) is 0 Å². The largest absolute Gasteiger partial charge is 0.313 e. The van der Waals surface area contributed by atoms with Crippen LogP contribution in [0.3, 0.4) is 0 Å². The van der Waals surface area contributed by atoms with Crippen molar-refractivity contribution in [1.29, 1.82) is 0 Å². The number of benzene rings is 1. The highest BCUT2D eigenvalue weighted by atomic mass is 32.2. The van der Waals surface area contributed by atoms with Crippen LogP contribution in [0.15, 0.2) is 30.3 Å². The molecule has 1 amide bonds. The SMILES string of the molecule is CC(C)COS(=O)OCC(=O)N(C)c1ccccc1. The van der Waals surface area contributed by atoms with Crippen LogP contribution in [0.25, 0.3) is 0 Å². The number of hydrogen-bond donors (Lipinski definition) is 0. The minimum atomic E-state index is -1.88. The van der Waals surface area contributed by atoms with Crippen molar-refractivity contribution in [2.45, 2.75) is 13.8 Å². The van der Waals surface area contributed by atoms with Crippen molar-refractivity contribution in [3.8, 4) is 0 Å². The molecule has 0 aromatic heterocycles. The summed E-state index contributed by atoms with van der Waals surface area (Å²) in [6.07, 6.45) is 0. The minimum Gasteiger partial charge on any atom is -0.313 e. The van der Waals surface area contributed by atoms with E-state index < -0.39 is 11.4 Å². The van der Waals surface area contributed by atoms with Gasteiger partial charge >= 0.3 is 11.4 Å². The Labute approximate surface area is 116 Å². The van der Waals surface area contributed by atoms with Gasteiger partial charge in [-0.3, -0.25) is 13.2 Å². The van der Waals surface area contributed by atoms with Gasteiger partial charge in [0.2, 0.25) is 0 Å². The number of carbonyl (C=O) groups is 1. The Morgan fingerprint density at radius 1 is 1.26 bits per heavy atom. The molecule has 0 radical (unpaired) electrons. The van der Waals surface area contributed by atoms with Crippen molar-refractivity contribution < 1.29 is 17.4 Å². The Kier molecular flexibility index (Phi) is 6.69. The first-order valence-electron chi connectivity index (χ1n) is 6.00.